The van der Waals surface area contributed by atoms with Gasteiger partial charge in [-0.3, -0.25) is 14.5 Å². The highest BCUT2D eigenvalue weighted by Gasteiger charge is 2.46. The van der Waals surface area contributed by atoms with Crippen molar-refractivity contribution in [2.45, 2.75) is 57.9 Å². The lowest BCUT2D eigenvalue weighted by molar-refractivity contribution is -0.139. The van der Waals surface area contributed by atoms with Crippen molar-refractivity contribution in [3.63, 3.8) is 0 Å². The number of hydrogen-bond acceptors (Lipinski definition) is 2. The zero-order valence-corrected chi connectivity index (χ0v) is 13.6. The maximum Gasteiger partial charge on any atom is 0.254 e. The van der Waals surface area contributed by atoms with Gasteiger partial charge in [0, 0.05) is 12.2 Å². The minimum atomic E-state index is -0.175. The van der Waals surface area contributed by atoms with E-state index in [-0.39, 0.29) is 23.3 Å². The van der Waals surface area contributed by atoms with Gasteiger partial charge >= 0.3 is 0 Å². The number of amides is 2. The first-order valence-corrected chi connectivity index (χ1v) is 8.24. The predicted molar refractivity (Wildman–Crippen MR) is 86.4 cm³/mol. The van der Waals surface area contributed by atoms with Gasteiger partial charge in [-0.25, -0.2) is 0 Å². The second-order valence-corrected chi connectivity index (χ2v) is 6.36. The molecule has 22 heavy (non-hydrogen) atoms. The molecule has 0 unspecified atom stereocenters. The molecule has 0 saturated carbocycles. The van der Waals surface area contributed by atoms with Crippen LogP contribution in [-0.4, -0.2) is 16.7 Å². The Balaban J connectivity index is 2.11. The highest BCUT2D eigenvalue weighted by molar-refractivity contribution is 6.13. The fourth-order valence-corrected chi connectivity index (χ4v) is 4.05. The molecule has 0 aromatic heterocycles. The predicted octanol–water partition coefficient (Wildman–Crippen LogP) is 3.68. The summed E-state index contributed by atoms with van der Waals surface area (Å²) >= 11 is 0. The van der Waals surface area contributed by atoms with Crippen molar-refractivity contribution in [1.29, 1.82) is 0 Å². The molecule has 3 heteroatoms. The van der Waals surface area contributed by atoms with Gasteiger partial charge < -0.3 is 0 Å². The molecular formula is C19H23NO2. The number of fused-ring (bicyclic) bond motifs is 1. The molecule has 116 valence electrons. The molecule has 0 saturated heterocycles. The Morgan fingerprint density at radius 3 is 2.27 bits per heavy atom. The van der Waals surface area contributed by atoms with Crippen LogP contribution in [0, 0.1) is 0 Å². The Morgan fingerprint density at radius 1 is 1.09 bits per heavy atom. The summed E-state index contributed by atoms with van der Waals surface area (Å²) in [6.07, 6.45) is 6.66. The van der Waals surface area contributed by atoms with E-state index in [4.69, 9.17) is 0 Å². The van der Waals surface area contributed by atoms with Crippen LogP contribution < -0.4 is 0 Å². The molecular weight excluding hydrogens is 274 g/mol. The molecule has 1 aromatic carbocycles. The van der Waals surface area contributed by atoms with E-state index in [1.165, 1.54) is 33.7 Å². The zero-order valence-electron chi connectivity index (χ0n) is 13.6. The fraction of sp³-hybridized carbons (Fsp3) is 0.474. The molecule has 0 spiro atoms. The zero-order chi connectivity index (χ0) is 15.9. The van der Waals surface area contributed by atoms with Crippen molar-refractivity contribution in [1.82, 2.24) is 4.90 Å². The molecule has 1 atom stereocenters. The van der Waals surface area contributed by atoms with Crippen molar-refractivity contribution < 1.29 is 9.59 Å². The van der Waals surface area contributed by atoms with Gasteiger partial charge in [-0.15, -0.1) is 0 Å². The average molecular weight is 297 g/mol. The van der Waals surface area contributed by atoms with E-state index in [0.717, 1.165) is 25.7 Å². The van der Waals surface area contributed by atoms with Crippen LogP contribution in [0.2, 0.25) is 0 Å². The summed E-state index contributed by atoms with van der Waals surface area (Å²) in [5.41, 5.74) is 3.84. The topological polar surface area (TPSA) is 37.4 Å². The fourth-order valence-electron chi connectivity index (χ4n) is 4.05. The Hall–Kier alpha value is -1.90. The minimum Gasteiger partial charge on any atom is -0.269 e. The normalized spacial score (nSPS) is 22.5. The Bertz CT molecular complexity index is 637. The average Bonchev–Trinajstić information content (AvgIpc) is 3.04. The summed E-state index contributed by atoms with van der Waals surface area (Å²) in [6, 6.07) is 6.50. The van der Waals surface area contributed by atoms with Crippen molar-refractivity contribution in [2.75, 3.05) is 0 Å². The third-order valence-corrected chi connectivity index (χ3v) is 5.55. The van der Waals surface area contributed by atoms with Crippen molar-refractivity contribution in [3.8, 4) is 0 Å². The standard InChI is InChI=1S/C19H23NO2/c1-4-13-7-8-15-14(11-13)16(12-19(15,5-2)6-3)20-17(21)9-10-18(20)22/h7-11,16H,4-6,12H2,1-3H3/t16-/m0/s1. The summed E-state index contributed by atoms with van der Waals surface area (Å²) in [5, 5.41) is 0. The molecule has 3 rings (SSSR count). The van der Waals surface area contributed by atoms with Gasteiger partial charge in [0.25, 0.3) is 11.8 Å². The molecule has 0 fully saturated rings. The first-order chi connectivity index (χ1) is 10.6. The van der Waals surface area contributed by atoms with Gasteiger partial charge in [-0.2, -0.15) is 0 Å². The van der Waals surface area contributed by atoms with Gasteiger partial charge in [0.2, 0.25) is 0 Å². The maximum atomic E-state index is 12.1. The van der Waals surface area contributed by atoms with Gasteiger partial charge in [-0.05, 0) is 47.8 Å². The number of benzene rings is 1. The van der Waals surface area contributed by atoms with Gasteiger partial charge in [0.1, 0.15) is 0 Å². The van der Waals surface area contributed by atoms with Crippen molar-refractivity contribution in [3.05, 3.63) is 47.0 Å². The maximum absolute atomic E-state index is 12.1. The molecule has 1 aliphatic heterocycles. The third kappa shape index (κ3) is 2.03. The Labute approximate surface area is 132 Å². The van der Waals surface area contributed by atoms with Crippen LogP contribution in [0.1, 0.15) is 62.8 Å². The summed E-state index contributed by atoms with van der Waals surface area (Å²) in [4.78, 5) is 25.7. The van der Waals surface area contributed by atoms with E-state index in [2.05, 4.69) is 39.0 Å². The lowest BCUT2D eigenvalue weighted by Crippen LogP contribution is -2.34. The number of aryl methyl sites for hydroxylation is 1. The van der Waals surface area contributed by atoms with Crippen LogP contribution in [0.4, 0.5) is 0 Å². The van der Waals surface area contributed by atoms with Crippen molar-refractivity contribution >= 4 is 11.8 Å². The number of carbonyl (C=O) groups excluding carboxylic acids is 2. The molecule has 2 amide bonds. The Morgan fingerprint density at radius 2 is 1.73 bits per heavy atom. The van der Waals surface area contributed by atoms with Crippen LogP contribution in [0.15, 0.2) is 30.4 Å². The summed E-state index contributed by atoms with van der Waals surface area (Å²) in [6.45, 7) is 6.54. The van der Waals surface area contributed by atoms with E-state index in [1.807, 2.05) is 0 Å². The number of imide groups is 1. The van der Waals surface area contributed by atoms with E-state index in [9.17, 15) is 9.59 Å². The SMILES string of the molecule is CCc1ccc2c(c1)[C@@H](N1C(=O)C=CC1=O)CC2(CC)CC. The van der Waals surface area contributed by atoms with Crippen LogP contribution in [0.3, 0.4) is 0 Å². The van der Waals surface area contributed by atoms with Gasteiger partial charge in [-0.1, -0.05) is 39.0 Å². The van der Waals surface area contributed by atoms with E-state index in [1.54, 1.807) is 0 Å². The number of hydrogen-bond donors (Lipinski definition) is 0. The van der Waals surface area contributed by atoms with Crippen LogP contribution >= 0.6 is 0 Å². The Kier molecular flexibility index (Phi) is 3.67. The van der Waals surface area contributed by atoms with Crippen LogP contribution in [-0.2, 0) is 21.4 Å². The molecule has 0 N–H and O–H groups in total. The lowest BCUT2D eigenvalue weighted by Gasteiger charge is -2.29. The first-order valence-electron chi connectivity index (χ1n) is 8.24. The molecule has 2 aliphatic rings. The summed E-state index contributed by atoms with van der Waals surface area (Å²) in [7, 11) is 0. The molecule has 3 nitrogen and oxygen atoms in total. The summed E-state index contributed by atoms with van der Waals surface area (Å²) < 4.78 is 0. The highest BCUT2D eigenvalue weighted by atomic mass is 16.2. The van der Waals surface area contributed by atoms with E-state index in [0.29, 0.717) is 0 Å². The second kappa shape index (κ2) is 5.38. The monoisotopic (exact) mass is 297 g/mol. The molecule has 1 aliphatic carbocycles. The molecule has 1 aromatic rings. The quantitative estimate of drug-likeness (QED) is 0.795. The highest BCUT2D eigenvalue weighted by Crippen LogP contribution is 2.52. The molecule has 0 bridgehead atoms. The largest absolute Gasteiger partial charge is 0.269 e. The molecule has 0 radical (unpaired) electrons. The third-order valence-electron chi connectivity index (χ3n) is 5.55. The number of rotatable bonds is 4. The summed E-state index contributed by atoms with van der Waals surface area (Å²) in [5.74, 6) is -0.350. The lowest BCUT2D eigenvalue weighted by atomic mass is 9.77. The van der Waals surface area contributed by atoms with E-state index >= 15 is 0 Å². The molecule has 1 heterocycles. The number of nitrogens with zero attached hydrogens (tertiary/aromatic N) is 1. The van der Waals surface area contributed by atoms with Crippen molar-refractivity contribution in [2.24, 2.45) is 0 Å². The van der Waals surface area contributed by atoms with Crippen LogP contribution in [0.25, 0.3) is 0 Å². The van der Waals surface area contributed by atoms with Gasteiger partial charge in [0.15, 0.2) is 0 Å². The number of carbonyl (C=O) groups is 2. The van der Waals surface area contributed by atoms with Crippen LogP contribution in [0.5, 0.6) is 0 Å². The smallest absolute Gasteiger partial charge is 0.254 e. The first kappa shape index (κ1) is 15.0. The van der Waals surface area contributed by atoms with Gasteiger partial charge in [0.05, 0.1) is 6.04 Å². The minimum absolute atomic E-state index is 0.0788. The van der Waals surface area contributed by atoms with E-state index < -0.39 is 0 Å². The second-order valence-electron chi connectivity index (χ2n) is 6.36.